The first-order chi connectivity index (χ1) is 12.1. The van der Waals surface area contributed by atoms with E-state index in [0.717, 1.165) is 18.6 Å². The highest BCUT2D eigenvalue weighted by Crippen LogP contribution is 2.24. The van der Waals surface area contributed by atoms with Crippen molar-refractivity contribution in [2.24, 2.45) is 16.5 Å². The van der Waals surface area contributed by atoms with Gasteiger partial charge in [0.25, 0.3) is 0 Å². The molecule has 1 unspecified atom stereocenters. The molecule has 2 rings (SSSR count). The van der Waals surface area contributed by atoms with Gasteiger partial charge in [-0.2, -0.15) is 0 Å². The monoisotopic (exact) mass is 368 g/mol. The second-order valence-corrected chi connectivity index (χ2v) is 7.11. The molecule has 138 valence electrons. The highest BCUT2D eigenvalue weighted by molar-refractivity contribution is 8.00. The number of aliphatic imine (C=N–C) groups is 1. The van der Waals surface area contributed by atoms with Crippen LogP contribution in [-0.2, 0) is 14.4 Å². The lowest BCUT2D eigenvalue weighted by molar-refractivity contribution is -0.139. The van der Waals surface area contributed by atoms with E-state index in [4.69, 9.17) is 11.5 Å². The van der Waals surface area contributed by atoms with Gasteiger partial charge in [-0.3, -0.25) is 15.1 Å². The molecule has 2 aliphatic rings. The van der Waals surface area contributed by atoms with E-state index in [1.165, 1.54) is 0 Å². The van der Waals surface area contributed by atoms with Gasteiger partial charge in [-0.15, -0.1) is 11.8 Å². The lowest BCUT2D eigenvalue weighted by atomic mass is 10.1. The van der Waals surface area contributed by atoms with E-state index in [1.807, 2.05) is 5.94 Å². The quantitative estimate of drug-likeness (QED) is 0.129. The maximum Gasteiger partial charge on any atom is 0.242 e. The molecule has 1 amide bonds. The molecule has 0 bridgehead atoms. The zero-order valence-electron chi connectivity index (χ0n) is 13.9. The summed E-state index contributed by atoms with van der Waals surface area (Å²) in [6.45, 7) is 1.53. The number of guanidine groups is 1. The van der Waals surface area contributed by atoms with E-state index in [9.17, 15) is 14.4 Å². The van der Waals surface area contributed by atoms with Gasteiger partial charge in [0.1, 0.15) is 17.7 Å². The summed E-state index contributed by atoms with van der Waals surface area (Å²) in [5.74, 6) is 2.55. The summed E-state index contributed by atoms with van der Waals surface area (Å²) >= 11 is 1.59. The Bertz CT molecular complexity index is 568. The van der Waals surface area contributed by atoms with E-state index in [2.05, 4.69) is 15.6 Å². The Morgan fingerprint density at radius 1 is 1.48 bits per heavy atom. The molecule has 2 heterocycles. The van der Waals surface area contributed by atoms with Crippen LogP contribution in [0.2, 0.25) is 0 Å². The van der Waals surface area contributed by atoms with Crippen molar-refractivity contribution in [3.8, 4) is 0 Å². The lowest BCUT2D eigenvalue weighted by Gasteiger charge is -2.35. The third-order valence-electron chi connectivity index (χ3n) is 4.13. The summed E-state index contributed by atoms with van der Waals surface area (Å²) in [6.07, 6.45) is 2.17. The highest BCUT2D eigenvalue weighted by atomic mass is 32.2. The first kappa shape index (κ1) is 19.5. The summed E-state index contributed by atoms with van der Waals surface area (Å²) in [4.78, 5) is 40.9. The fourth-order valence-corrected chi connectivity index (χ4v) is 4.01. The lowest BCUT2D eigenvalue weighted by Crippen LogP contribution is -2.55. The van der Waals surface area contributed by atoms with Crippen molar-refractivity contribution < 1.29 is 14.4 Å². The predicted molar refractivity (Wildman–Crippen MR) is 96.5 cm³/mol. The molecule has 0 aliphatic carbocycles. The van der Waals surface area contributed by atoms with Crippen LogP contribution in [0.25, 0.3) is 0 Å². The molecule has 2 aliphatic heterocycles. The highest BCUT2D eigenvalue weighted by Gasteiger charge is 2.38. The van der Waals surface area contributed by atoms with Crippen molar-refractivity contribution >= 4 is 35.9 Å². The number of nitrogens with two attached hydrogens (primary N) is 2. The molecule has 2 saturated heterocycles. The van der Waals surface area contributed by atoms with Crippen LogP contribution in [0.15, 0.2) is 10.6 Å². The molecule has 9 nitrogen and oxygen atoms in total. The summed E-state index contributed by atoms with van der Waals surface area (Å²) in [5.41, 5.74) is 10.9. The molecule has 6 N–H and O–H groups in total. The van der Waals surface area contributed by atoms with Crippen molar-refractivity contribution in [2.45, 2.75) is 36.8 Å². The van der Waals surface area contributed by atoms with Gasteiger partial charge in [-0.05, 0) is 12.8 Å². The first-order valence-electron chi connectivity index (χ1n) is 8.21. The van der Waals surface area contributed by atoms with Crippen molar-refractivity contribution in [1.29, 1.82) is 0 Å². The predicted octanol–water partition coefficient (Wildman–Crippen LogP) is -1.82. The second kappa shape index (κ2) is 9.57. The SMILES string of the molecule is NC(N)=NCCC[C@@H](C=O)N(C(=O)[C@@H]1CC(=C=O)CN1)C1NCCS1. The van der Waals surface area contributed by atoms with E-state index in [1.54, 1.807) is 16.7 Å². The molecule has 2 fully saturated rings. The Morgan fingerprint density at radius 3 is 2.84 bits per heavy atom. The van der Waals surface area contributed by atoms with Crippen molar-refractivity contribution in [1.82, 2.24) is 15.5 Å². The maximum atomic E-state index is 13.0. The summed E-state index contributed by atoms with van der Waals surface area (Å²) in [7, 11) is 0. The zero-order chi connectivity index (χ0) is 18.2. The minimum absolute atomic E-state index is 0.00642. The number of amides is 1. The number of rotatable bonds is 8. The molecule has 0 saturated carbocycles. The molecule has 0 aromatic carbocycles. The smallest absolute Gasteiger partial charge is 0.242 e. The van der Waals surface area contributed by atoms with Crippen LogP contribution in [-0.4, -0.2) is 72.0 Å². The van der Waals surface area contributed by atoms with Crippen LogP contribution in [0.4, 0.5) is 0 Å². The van der Waals surface area contributed by atoms with Gasteiger partial charge < -0.3 is 26.5 Å². The Balaban J connectivity index is 2.07. The van der Waals surface area contributed by atoms with Gasteiger partial charge in [-0.1, -0.05) is 0 Å². The molecular formula is C15H24N6O3S. The average molecular weight is 368 g/mol. The van der Waals surface area contributed by atoms with Gasteiger partial charge in [0, 0.05) is 37.4 Å². The van der Waals surface area contributed by atoms with E-state index in [0.29, 0.717) is 37.9 Å². The Morgan fingerprint density at radius 2 is 2.28 bits per heavy atom. The minimum atomic E-state index is -0.573. The van der Waals surface area contributed by atoms with Crippen LogP contribution >= 0.6 is 11.8 Å². The fourth-order valence-electron chi connectivity index (χ4n) is 2.89. The van der Waals surface area contributed by atoms with Crippen molar-refractivity contribution in [3.63, 3.8) is 0 Å². The number of hydrogen-bond acceptors (Lipinski definition) is 7. The zero-order valence-corrected chi connectivity index (χ0v) is 14.8. The summed E-state index contributed by atoms with van der Waals surface area (Å²) in [5, 5.41) is 6.26. The van der Waals surface area contributed by atoms with Crippen LogP contribution in [0.5, 0.6) is 0 Å². The number of nitrogens with zero attached hydrogens (tertiary/aromatic N) is 2. The van der Waals surface area contributed by atoms with Gasteiger partial charge in [0.15, 0.2) is 5.96 Å². The first-order valence-corrected chi connectivity index (χ1v) is 9.25. The topological polar surface area (TPSA) is 143 Å². The number of thioether (sulfide) groups is 1. The number of hydrogen-bond donors (Lipinski definition) is 4. The minimum Gasteiger partial charge on any atom is -0.370 e. The second-order valence-electron chi connectivity index (χ2n) is 5.92. The van der Waals surface area contributed by atoms with Crippen molar-refractivity contribution in [2.75, 3.05) is 25.4 Å². The Kier molecular flexibility index (Phi) is 7.45. The van der Waals surface area contributed by atoms with Gasteiger partial charge in [-0.25, -0.2) is 4.79 Å². The van der Waals surface area contributed by atoms with Gasteiger partial charge >= 0.3 is 0 Å². The third-order valence-corrected chi connectivity index (χ3v) is 5.27. The average Bonchev–Trinajstić information content (AvgIpc) is 3.28. The largest absolute Gasteiger partial charge is 0.370 e. The third kappa shape index (κ3) is 5.30. The molecule has 0 radical (unpaired) electrons. The van der Waals surface area contributed by atoms with Gasteiger partial charge in [0.05, 0.1) is 12.1 Å². The van der Waals surface area contributed by atoms with Crippen LogP contribution in [0.3, 0.4) is 0 Å². The molecule has 10 heteroatoms. The van der Waals surface area contributed by atoms with Gasteiger partial charge in [0.2, 0.25) is 5.91 Å². The number of aldehydes is 1. The van der Waals surface area contributed by atoms with E-state index < -0.39 is 12.1 Å². The van der Waals surface area contributed by atoms with Crippen LogP contribution in [0, 0.1) is 0 Å². The van der Waals surface area contributed by atoms with Crippen LogP contribution in [0.1, 0.15) is 19.3 Å². The number of carbonyl (C=O) groups is 2. The molecule has 25 heavy (non-hydrogen) atoms. The van der Waals surface area contributed by atoms with E-state index >= 15 is 0 Å². The van der Waals surface area contributed by atoms with E-state index in [-0.39, 0.29) is 17.4 Å². The fraction of sp³-hybridized carbons (Fsp3) is 0.667. The molecular weight excluding hydrogens is 344 g/mol. The summed E-state index contributed by atoms with van der Waals surface area (Å²) < 4.78 is 0. The van der Waals surface area contributed by atoms with Crippen LogP contribution < -0.4 is 22.1 Å². The van der Waals surface area contributed by atoms with Crippen molar-refractivity contribution in [3.05, 3.63) is 5.57 Å². The summed E-state index contributed by atoms with van der Waals surface area (Å²) in [6, 6.07) is -1.07. The standard InChI is InChI=1S/C15H24N6O3S/c16-14(17)18-3-1-2-11(9-23)21(15-19-4-5-25-15)13(24)12-6-10(8-22)7-20-12/h9,11-12,15,19-20H,1-7H2,(H4,16,17,18)/t11-,12-,15?/m0/s1. The Hall–Kier alpha value is -1.87. The molecule has 0 spiro atoms. The maximum absolute atomic E-state index is 13.0. The molecule has 0 aromatic heterocycles. The number of carbonyl (C=O) groups excluding carboxylic acids is 3. The number of nitrogens with one attached hydrogen (secondary N) is 2. The normalized spacial score (nSPS) is 23.8. The Labute approximate surface area is 150 Å². The molecule has 0 aromatic rings. The molecule has 3 atom stereocenters.